The van der Waals surface area contributed by atoms with Crippen LogP contribution in [0.5, 0.6) is 0 Å². The average molecular weight is 661 g/mol. The molecule has 10 rings (SSSR count). The summed E-state index contributed by atoms with van der Waals surface area (Å²) < 4.78 is 0. The van der Waals surface area contributed by atoms with Crippen molar-refractivity contribution in [3.8, 4) is 44.5 Å². The van der Waals surface area contributed by atoms with Crippen LogP contribution in [0.2, 0.25) is 0 Å². The Bertz CT molecular complexity index is 2960. The van der Waals surface area contributed by atoms with E-state index >= 15 is 0 Å². The molecule has 0 atom stereocenters. The van der Waals surface area contributed by atoms with Gasteiger partial charge in [-0.1, -0.05) is 176 Å². The lowest BCUT2D eigenvalue weighted by molar-refractivity contribution is 1.44. The molecule has 0 fully saturated rings. The third kappa shape index (κ3) is 4.76. The van der Waals surface area contributed by atoms with E-state index in [-0.39, 0.29) is 0 Å². The van der Waals surface area contributed by atoms with E-state index in [1.54, 1.807) is 0 Å². The summed E-state index contributed by atoms with van der Waals surface area (Å²) in [6, 6.07) is 67.2. The van der Waals surface area contributed by atoms with Crippen LogP contribution in [-0.2, 0) is 0 Å². The van der Waals surface area contributed by atoms with Gasteiger partial charge in [-0.3, -0.25) is 0 Å². The Morgan fingerprint density at radius 2 is 0.692 bits per heavy atom. The molecule has 0 heteroatoms. The fraction of sp³-hybridized carbons (Fsp3) is 0.0385. The second-order valence-corrected chi connectivity index (χ2v) is 14.1. The maximum Gasteiger partial charge on any atom is -0.00263 e. The first-order valence-corrected chi connectivity index (χ1v) is 18.2. The Morgan fingerprint density at radius 3 is 1.29 bits per heavy atom. The van der Waals surface area contributed by atoms with Crippen LogP contribution in [-0.4, -0.2) is 0 Å². The van der Waals surface area contributed by atoms with Crippen molar-refractivity contribution in [2.24, 2.45) is 0 Å². The molecule has 0 spiro atoms. The summed E-state index contributed by atoms with van der Waals surface area (Å²) >= 11 is 0. The molecule has 0 amide bonds. The minimum Gasteiger partial charge on any atom is -0.0616 e. The van der Waals surface area contributed by atoms with Gasteiger partial charge >= 0.3 is 0 Å². The minimum atomic E-state index is 1.23. The summed E-state index contributed by atoms with van der Waals surface area (Å²) in [6.45, 7) is 4.56. The molecule has 0 heterocycles. The topological polar surface area (TPSA) is 0 Å². The number of fused-ring (bicyclic) bond motifs is 6. The van der Waals surface area contributed by atoms with Crippen molar-refractivity contribution >= 4 is 53.9 Å². The maximum absolute atomic E-state index is 2.41. The highest BCUT2D eigenvalue weighted by molar-refractivity contribution is 6.22. The molecular weight excluding hydrogens is 625 g/mol. The van der Waals surface area contributed by atoms with Gasteiger partial charge in [-0.15, -0.1) is 0 Å². The predicted octanol–water partition coefficient (Wildman–Crippen LogP) is 14.7. The molecular formula is C52H36. The van der Waals surface area contributed by atoms with Gasteiger partial charge in [0.25, 0.3) is 0 Å². The van der Waals surface area contributed by atoms with Crippen LogP contribution in [0.25, 0.3) is 98.4 Å². The molecule has 0 nitrogen and oxygen atoms in total. The molecule has 0 saturated carbocycles. The number of aryl methyl sites for hydroxylation is 2. The first kappa shape index (κ1) is 30.3. The molecule has 0 saturated heterocycles. The molecule has 52 heavy (non-hydrogen) atoms. The molecule has 0 aliphatic carbocycles. The molecule has 0 aliphatic rings. The summed E-state index contributed by atoms with van der Waals surface area (Å²) in [5.41, 5.74) is 12.7. The smallest absolute Gasteiger partial charge is 0.00263 e. The van der Waals surface area contributed by atoms with Crippen molar-refractivity contribution in [3.63, 3.8) is 0 Å². The molecule has 0 radical (unpaired) electrons. The van der Waals surface area contributed by atoms with E-state index in [2.05, 4.69) is 196 Å². The Labute approximate surface area is 304 Å². The number of hydrogen-bond donors (Lipinski definition) is 0. The van der Waals surface area contributed by atoms with Gasteiger partial charge < -0.3 is 0 Å². The van der Waals surface area contributed by atoms with Gasteiger partial charge in [0.15, 0.2) is 0 Å². The number of rotatable bonds is 4. The summed E-state index contributed by atoms with van der Waals surface area (Å²) in [6.07, 6.45) is 0. The molecule has 244 valence electrons. The lowest BCUT2D eigenvalue weighted by Crippen LogP contribution is -1.94. The van der Waals surface area contributed by atoms with Gasteiger partial charge in [-0.05, 0) is 129 Å². The van der Waals surface area contributed by atoms with Gasteiger partial charge in [0.05, 0.1) is 0 Å². The maximum atomic E-state index is 2.41. The van der Waals surface area contributed by atoms with E-state index < -0.39 is 0 Å². The number of benzene rings is 10. The molecule has 10 aromatic carbocycles. The molecule has 0 unspecified atom stereocenters. The standard InChI is InChI=1S/C52H36/c1-33-31-40(29-30-41(33)50-34(2)42-15-5-6-16-43(42)44-17-7-8-18-45(44)50)52-48-21-11-9-19-46(48)51(47-20-10-12-22-49(47)52)37-26-23-36(24-27-37)39-28-25-35-13-3-4-14-38(35)32-39/h3-32H,1-2H3. The van der Waals surface area contributed by atoms with Crippen molar-refractivity contribution in [1.82, 2.24) is 0 Å². The van der Waals surface area contributed by atoms with Gasteiger partial charge in [0, 0.05) is 0 Å². The monoisotopic (exact) mass is 660 g/mol. The van der Waals surface area contributed by atoms with Crippen molar-refractivity contribution in [2.75, 3.05) is 0 Å². The SMILES string of the molecule is Cc1cc(-c2c3ccccc3c(-c3ccc(-c4ccc5ccccc5c4)cc3)c3ccccc23)ccc1-c1c(C)c2ccccc2c2ccccc12. The van der Waals surface area contributed by atoms with E-state index in [9.17, 15) is 0 Å². The Kier molecular flexibility index (Phi) is 7.05. The second kappa shape index (κ2) is 12.1. The van der Waals surface area contributed by atoms with Crippen LogP contribution < -0.4 is 0 Å². The van der Waals surface area contributed by atoms with E-state index in [4.69, 9.17) is 0 Å². The predicted molar refractivity (Wildman–Crippen MR) is 225 cm³/mol. The zero-order valence-electron chi connectivity index (χ0n) is 29.3. The van der Waals surface area contributed by atoms with Gasteiger partial charge in [-0.2, -0.15) is 0 Å². The first-order chi connectivity index (χ1) is 25.6. The van der Waals surface area contributed by atoms with E-state index in [0.29, 0.717) is 0 Å². The van der Waals surface area contributed by atoms with Gasteiger partial charge in [0.1, 0.15) is 0 Å². The fourth-order valence-electron chi connectivity index (χ4n) is 8.71. The molecule has 0 aromatic heterocycles. The molecule has 10 aromatic rings. The van der Waals surface area contributed by atoms with Crippen LogP contribution >= 0.6 is 0 Å². The lowest BCUT2D eigenvalue weighted by Gasteiger charge is -2.20. The van der Waals surface area contributed by atoms with Crippen LogP contribution in [0.3, 0.4) is 0 Å². The second-order valence-electron chi connectivity index (χ2n) is 14.1. The van der Waals surface area contributed by atoms with Crippen LogP contribution in [0.15, 0.2) is 182 Å². The molecule has 0 bridgehead atoms. The molecule has 0 N–H and O–H groups in total. The fourth-order valence-corrected chi connectivity index (χ4v) is 8.71. The largest absolute Gasteiger partial charge is 0.0616 e. The van der Waals surface area contributed by atoms with Gasteiger partial charge in [0.2, 0.25) is 0 Å². The summed E-state index contributed by atoms with van der Waals surface area (Å²) in [5.74, 6) is 0. The lowest BCUT2D eigenvalue weighted by atomic mass is 9.83. The van der Waals surface area contributed by atoms with E-state index in [1.807, 2.05) is 0 Å². The van der Waals surface area contributed by atoms with Gasteiger partial charge in [-0.25, -0.2) is 0 Å². The molecule has 0 aliphatic heterocycles. The highest BCUT2D eigenvalue weighted by Crippen LogP contribution is 2.46. The highest BCUT2D eigenvalue weighted by atomic mass is 14.2. The Balaban J connectivity index is 1.14. The number of hydrogen-bond acceptors (Lipinski definition) is 0. The zero-order valence-corrected chi connectivity index (χ0v) is 29.3. The Morgan fingerprint density at radius 1 is 0.269 bits per heavy atom. The first-order valence-electron chi connectivity index (χ1n) is 18.2. The van der Waals surface area contributed by atoms with Crippen molar-refractivity contribution < 1.29 is 0 Å². The zero-order chi connectivity index (χ0) is 34.8. The average Bonchev–Trinajstić information content (AvgIpc) is 3.20. The van der Waals surface area contributed by atoms with Crippen LogP contribution in [0.4, 0.5) is 0 Å². The van der Waals surface area contributed by atoms with E-state index in [0.717, 1.165) is 0 Å². The summed E-state index contributed by atoms with van der Waals surface area (Å²) in [4.78, 5) is 0. The third-order valence-electron chi connectivity index (χ3n) is 11.2. The van der Waals surface area contributed by atoms with Crippen molar-refractivity contribution in [3.05, 3.63) is 193 Å². The summed E-state index contributed by atoms with van der Waals surface area (Å²) in [7, 11) is 0. The minimum absolute atomic E-state index is 1.23. The van der Waals surface area contributed by atoms with E-state index in [1.165, 1.54) is 109 Å². The van der Waals surface area contributed by atoms with Crippen LogP contribution in [0, 0.1) is 13.8 Å². The summed E-state index contributed by atoms with van der Waals surface area (Å²) in [5, 5.41) is 12.9. The van der Waals surface area contributed by atoms with Crippen LogP contribution in [0.1, 0.15) is 11.1 Å². The van der Waals surface area contributed by atoms with Crippen molar-refractivity contribution in [1.29, 1.82) is 0 Å². The highest BCUT2D eigenvalue weighted by Gasteiger charge is 2.19. The quantitative estimate of drug-likeness (QED) is 0.130. The van der Waals surface area contributed by atoms with Crippen molar-refractivity contribution in [2.45, 2.75) is 13.8 Å². The Hall–Kier alpha value is -6.50. The normalized spacial score (nSPS) is 11.7. The third-order valence-corrected chi connectivity index (χ3v) is 11.2.